The summed E-state index contributed by atoms with van der Waals surface area (Å²) in [7, 11) is 0. The first kappa shape index (κ1) is 18.4. The van der Waals surface area contributed by atoms with Crippen LogP contribution in [0.4, 0.5) is 18.6 Å². The average molecular weight is 242 g/mol. The molecule has 0 saturated carbocycles. The molecule has 0 bridgehead atoms. The Morgan fingerprint density at radius 1 is 0.556 bits per heavy atom. The summed E-state index contributed by atoms with van der Waals surface area (Å²) < 4.78 is 59.5. The van der Waals surface area contributed by atoms with Crippen LogP contribution in [0, 0.1) is 0 Å². The van der Waals surface area contributed by atoms with Gasteiger partial charge in [0.25, 0.3) is 0 Å². The van der Waals surface area contributed by atoms with Crippen molar-refractivity contribution in [1.82, 2.24) is 0 Å². The van der Waals surface area contributed by atoms with E-state index in [4.69, 9.17) is 0 Å². The van der Waals surface area contributed by atoms with Gasteiger partial charge in [-0.05, 0) is 0 Å². The third kappa shape index (κ3) is 83.2. The van der Waals surface area contributed by atoms with Gasteiger partial charge >= 0.3 is 139 Å². The minimum atomic E-state index is -11.2. The van der Waals surface area contributed by atoms with Crippen LogP contribution in [-0.4, -0.2) is 103 Å². The fourth-order valence-electron chi connectivity index (χ4n) is 0. The van der Waals surface area contributed by atoms with Crippen LogP contribution in [0.3, 0.4) is 0 Å². The van der Waals surface area contributed by atoms with Gasteiger partial charge in [-0.25, -0.2) is 0 Å². The summed E-state index contributed by atoms with van der Waals surface area (Å²) in [6.45, 7) is 0. The van der Waals surface area contributed by atoms with E-state index in [0.29, 0.717) is 0 Å². The molecule has 0 unspecified atom stereocenters. The zero-order valence-electron chi connectivity index (χ0n) is 2.77. The van der Waals surface area contributed by atoms with Crippen LogP contribution in [0.2, 0.25) is 0 Å². The van der Waals surface area contributed by atoms with Crippen molar-refractivity contribution in [2.24, 2.45) is 0 Å². The van der Waals surface area contributed by atoms with E-state index < -0.39 is 17.2 Å². The van der Waals surface area contributed by atoms with Crippen molar-refractivity contribution >= 4 is 103 Å². The first-order chi connectivity index (χ1) is 2.45. The van der Waals surface area contributed by atoms with E-state index in [0.717, 1.165) is 0 Å². The molecule has 9 heavy (non-hydrogen) atoms. The van der Waals surface area contributed by atoms with Gasteiger partial charge in [0.1, 0.15) is 0 Å². The molecule has 0 fully saturated rings. The van der Waals surface area contributed by atoms with Crippen molar-refractivity contribution < 1.29 is 35.8 Å². The number of rotatable bonds is 0. The Balaban J connectivity index is -0.000000180. The minimum absolute atomic E-state index is 0. The Labute approximate surface area is 134 Å². The zero-order valence-corrected chi connectivity index (χ0v) is 4.33. The molecule has 0 aliphatic carbocycles. The van der Waals surface area contributed by atoms with Crippen LogP contribution >= 0.6 is 0 Å². The second kappa shape index (κ2) is 3.75. The molecule has 0 radical (unpaired) electrons. The third-order valence-electron chi connectivity index (χ3n) is 0. The molecule has 0 heterocycles. The summed E-state index contributed by atoms with van der Waals surface area (Å²) in [6.07, 6.45) is 0. The standard InChI is InChI=1S/6FH.2K.Ti.2H/h6*1H;;;;;/q;;;;;;;;+6;;/p-6. The summed E-state index contributed by atoms with van der Waals surface area (Å²) in [5.41, 5.74) is 0. The van der Waals surface area contributed by atoms with Crippen LogP contribution in [0.1, 0.15) is 0 Å². The Kier molecular flexibility index (Phi) is 7.65. The molecule has 0 aromatic heterocycles. The molecule has 0 aromatic rings. The molecule has 0 spiro atoms. The predicted octanol–water partition coefficient (Wildman–Crippen LogP) is 1.22. The van der Waals surface area contributed by atoms with E-state index in [1.807, 2.05) is 0 Å². The molecule has 0 rings (SSSR count). The van der Waals surface area contributed by atoms with Gasteiger partial charge in [0, 0.05) is 0 Å². The quantitative estimate of drug-likeness (QED) is 0.442. The van der Waals surface area contributed by atoms with Crippen molar-refractivity contribution in [3.8, 4) is 0 Å². The van der Waals surface area contributed by atoms with Gasteiger partial charge in [-0.1, -0.05) is 0 Å². The Bertz CT molecular complexity index is 69.6. The van der Waals surface area contributed by atoms with Gasteiger partial charge in [-0.3, -0.25) is 0 Å². The molecule has 0 amide bonds. The normalized spacial score (nSPS) is 18.0. The molecule has 0 atom stereocenters. The predicted molar refractivity (Wildman–Crippen MR) is 20.9 cm³/mol. The van der Waals surface area contributed by atoms with E-state index >= 15 is 0 Å². The molecule has 50 valence electrons. The Hall–Kier alpha value is 3.57. The van der Waals surface area contributed by atoms with Crippen molar-refractivity contribution in [3.63, 3.8) is 0 Å². The van der Waals surface area contributed by atoms with Crippen LogP contribution in [0.5, 0.6) is 0 Å². The number of hydrogen-bond acceptors (Lipinski definition) is 0. The van der Waals surface area contributed by atoms with E-state index in [9.17, 15) is 18.6 Å². The first-order valence-electron chi connectivity index (χ1n) is 1.13. The number of halogens is 6. The molecule has 0 N–H and O–H groups in total. The molecule has 0 aromatic carbocycles. The summed E-state index contributed by atoms with van der Waals surface area (Å²) in [4.78, 5) is 0. The van der Waals surface area contributed by atoms with Gasteiger partial charge in [0.15, 0.2) is 0 Å². The van der Waals surface area contributed by atoms with E-state index in [-0.39, 0.29) is 103 Å². The van der Waals surface area contributed by atoms with Crippen LogP contribution in [-0.2, 0) is 17.2 Å². The molecular weight excluding hydrogens is 240 g/mol. The second-order valence-corrected chi connectivity index (χ2v) is 4.42. The van der Waals surface area contributed by atoms with Crippen LogP contribution in [0.25, 0.3) is 0 Å². The third-order valence-corrected chi connectivity index (χ3v) is 0. The van der Waals surface area contributed by atoms with E-state index in [1.54, 1.807) is 0 Å². The molecule has 0 saturated heterocycles. The molecule has 0 nitrogen and oxygen atoms in total. The maximum absolute atomic E-state index is 11.2. The summed E-state index contributed by atoms with van der Waals surface area (Å²) in [6, 6.07) is 0. The Morgan fingerprint density at radius 3 is 0.556 bits per heavy atom. The van der Waals surface area contributed by atoms with Crippen molar-refractivity contribution in [3.05, 3.63) is 0 Å². The van der Waals surface area contributed by atoms with Crippen LogP contribution < -0.4 is 0 Å². The van der Waals surface area contributed by atoms with E-state index in [1.165, 1.54) is 0 Å². The van der Waals surface area contributed by atoms with Gasteiger partial charge in [-0.15, -0.1) is 0 Å². The van der Waals surface area contributed by atoms with Crippen molar-refractivity contribution in [2.45, 2.75) is 0 Å². The topological polar surface area (TPSA) is 0 Å². The molecule has 9 heteroatoms. The monoisotopic (exact) mass is 242 g/mol. The summed E-state index contributed by atoms with van der Waals surface area (Å²) in [5.74, 6) is 0. The van der Waals surface area contributed by atoms with Gasteiger partial charge in [0.05, 0.1) is 0 Å². The first-order valence-corrected chi connectivity index (χ1v) is 4.68. The molecular formula is H2F6K2Ti. The average Bonchev–Trinajstić information content (AvgIpc) is 0.592. The molecule has 0 aliphatic heterocycles. The zero-order chi connectivity index (χ0) is 6.41. The summed E-state index contributed by atoms with van der Waals surface area (Å²) in [5, 5.41) is 0. The van der Waals surface area contributed by atoms with Gasteiger partial charge < -0.3 is 0 Å². The van der Waals surface area contributed by atoms with Gasteiger partial charge in [0.2, 0.25) is 0 Å². The maximum atomic E-state index is 9.92. The van der Waals surface area contributed by atoms with Crippen molar-refractivity contribution in [2.75, 3.05) is 0 Å². The Morgan fingerprint density at radius 2 is 0.556 bits per heavy atom. The summed E-state index contributed by atoms with van der Waals surface area (Å²) >= 11 is -11.2. The number of hydrogen-bond donors (Lipinski definition) is 0. The fourth-order valence-corrected chi connectivity index (χ4v) is 0. The van der Waals surface area contributed by atoms with Crippen LogP contribution in [0.15, 0.2) is 0 Å². The van der Waals surface area contributed by atoms with Gasteiger partial charge in [-0.2, -0.15) is 0 Å². The van der Waals surface area contributed by atoms with Crippen molar-refractivity contribution in [1.29, 1.82) is 0 Å². The second-order valence-electron chi connectivity index (χ2n) is 1.07. The fraction of sp³-hybridized carbons (Fsp3) is 0. The molecule has 0 aliphatic rings. The SMILES string of the molecule is [F][Ti]([F])([F])([F])([F])[F].[KH].[KH]. The van der Waals surface area contributed by atoms with E-state index in [2.05, 4.69) is 0 Å².